The molecule has 0 N–H and O–H groups in total. The van der Waals surface area contributed by atoms with Crippen LogP contribution in [-0.2, 0) is 10.1 Å². The predicted octanol–water partition coefficient (Wildman–Crippen LogP) is 3.06. The van der Waals surface area contributed by atoms with Crippen LogP contribution in [0.15, 0.2) is 58.6 Å². The van der Waals surface area contributed by atoms with Gasteiger partial charge in [0.25, 0.3) is 0 Å². The molecular weight excluding hydrogens is 446 g/mol. The van der Waals surface area contributed by atoms with E-state index in [0.29, 0.717) is 0 Å². The zero-order valence-electron chi connectivity index (χ0n) is 12.1. The molecule has 0 bridgehead atoms. The quantitative estimate of drug-likeness (QED) is 0.374. The van der Waals surface area contributed by atoms with Crippen molar-refractivity contribution >= 4 is 42.7 Å². The number of alkyl halides is 3. The van der Waals surface area contributed by atoms with Crippen LogP contribution < -0.4 is 3.48 Å². The van der Waals surface area contributed by atoms with Crippen LogP contribution in [0.4, 0.5) is 13.2 Å². The van der Waals surface area contributed by atoms with Gasteiger partial charge in [0.05, 0.1) is 0 Å². The van der Waals surface area contributed by atoms with Gasteiger partial charge >= 0.3 is 113 Å². The third kappa shape index (κ3) is 5.16. The first-order valence-corrected chi connectivity index (χ1v) is 14.7. The Balaban J connectivity index is 0.000000224. The molecule has 1 aliphatic rings. The van der Waals surface area contributed by atoms with Gasteiger partial charge in [-0.1, -0.05) is 0 Å². The summed E-state index contributed by atoms with van der Waals surface area (Å²) in [7, 11) is -1.95. The van der Waals surface area contributed by atoms with E-state index in [4.69, 9.17) is 13.0 Å². The Morgan fingerprint density at radius 2 is 1.62 bits per heavy atom. The van der Waals surface area contributed by atoms with E-state index in [1.807, 2.05) is 0 Å². The number of nitrogens with zero attached hydrogens (tertiary/aromatic N) is 1. The van der Waals surface area contributed by atoms with Crippen LogP contribution in [0.5, 0.6) is 0 Å². The van der Waals surface area contributed by atoms with Crippen LogP contribution in [0.1, 0.15) is 5.56 Å². The molecule has 0 saturated carbocycles. The van der Waals surface area contributed by atoms with E-state index in [2.05, 4.69) is 79.2 Å². The van der Waals surface area contributed by atoms with Crippen LogP contribution in [0, 0.1) is 6.92 Å². The van der Waals surface area contributed by atoms with Crippen molar-refractivity contribution in [3.05, 3.63) is 54.4 Å². The molecular formula is C13H11AsF3NO3S3. The number of hydrogen-bond donors (Lipinski definition) is 0. The molecule has 1 atom stereocenters. The van der Waals surface area contributed by atoms with E-state index in [-0.39, 0.29) is 0 Å². The molecule has 24 heavy (non-hydrogen) atoms. The van der Waals surface area contributed by atoms with Gasteiger partial charge in [-0.25, -0.2) is 8.42 Å². The third-order valence-corrected chi connectivity index (χ3v) is 14.8. The van der Waals surface area contributed by atoms with Crippen LogP contribution in [0.2, 0.25) is 0 Å². The Bertz CT molecular complexity index is 816. The number of pyridine rings is 1. The number of rotatable bonds is 1. The van der Waals surface area contributed by atoms with Gasteiger partial charge in [-0.2, -0.15) is 13.2 Å². The molecule has 11 heteroatoms. The summed E-state index contributed by atoms with van der Waals surface area (Å²) in [6.07, 6.45) is 4.39. The molecule has 1 unspecified atom stereocenters. The van der Waals surface area contributed by atoms with Crippen LogP contribution in [-0.4, -0.2) is 31.0 Å². The second-order valence-corrected chi connectivity index (χ2v) is 16.2. The molecule has 3 rings (SSSR count). The van der Waals surface area contributed by atoms with Gasteiger partial charge in [-0.3, -0.25) is 0 Å². The van der Waals surface area contributed by atoms with Gasteiger partial charge in [0.15, 0.2) is 10.1 Å². The Kier molecular flexibility index (Phi) is 6.30. The molecule has 130 valence electrons. The molecule has 1 aromatic heterocycles. The monoisotopic (exact) mass is 457 g/mol. The molecule has 1 aromatic carbocycles. The van der Waals surface area contributed by atoms with Crippen molar-refractivity contribution in [2.45, 2.75) is 22.2 Å². The van der Waals surface area contributed by atoms with Crippen molar-refractivity contribution in [2.24, 2.45) is 0 Å². The minimum Gasteiger partial charge on any atom is -0.741 e. The van der Waals surface area contributed by atoms with Crippen LogP contribution in [0.3, 0.4) is 0 Å². The van der Waals surface area contributed by atoms with Gasteiger partial charge < -0.3 is 4.55 Å². The average molecular weight is 457 g/mol. The average Bonchev–Trinajstić information content (AvgIpc) is 2.90. The summed E-state index contributed by atoms with van der Waals surface area (Å²) in [5.74, 6) is 0. The van der Waals surface area contributed by atoms with E-state index in [9.17, 15) is 13.2 Å². The standard InChI is InChI=1S/C12H11AsNS2.CHF3O3S/c1-10-5-6-11-12(9-10)16-13(15-11)14-7-3-2-4-8-14;2-1(3,4)8(5,6)7/h2-9H,1H3;(H,5,6,7)/q+1;/p-1. The third-order valence-electron chi connectivity index (χ3n) is 2.62. The topological polar surface area (TPSA) is 61.1 Å². The van der Waals surface area contributed by atoms with E-state index < -0.39 is 28.2 Å². The Hall–Kier alpha value is -0.672. The van der Waals surface area contributed by atoms with Crippen molar-refractivity contribution in [3.63, 3.8) is 0 Å². The minimum atomic E-state index is -6.09. The van der Waals surface area contributed by atoms with Gasteiger partial charge in [0.2, 0.25) is 0 Å². The van der Waals surface area contributed by atoms with Crippen LogP contribution in [0.25, 0.3) is 0 Å². The predicted molar refractivity (Wildman–Crippen MR) is 86.4 cm³/mol. The van der Waals surface area contributed by atoms with Gasteiger partial charge in [0, 0.05) is 0 Å². The molecule has 0 radical (unpaired) electrons. The first-order chi connectivity index (χ1) is 11.1. The maximum atomic E-state index is 10.7. The number of fused-ring (bicyclic) bond motifs is 1. The van der Waals surface area contributed by atoms with E-state index in [1.54, 1.807) is 0 Å². The van der Waals surface area contributed by atoms with E-state index >= 15 is 0 Å². The fourth-order valence-electron chi connectivity index (χ4n) is 1.54. The summed E-state index contributed by atoms with van der Waals surface area (Å²) in [4.78, 5) is 2.94. The second-order valence-electron chi connectivity index (χ2n) is 4.53. The molecule has 0 saturated heterocycles. The van der Waals surface area contributed by atoms with Gasteiger partial charge in [0.1, 0.15) is 0 Å². The van der Waals surface area contributed by atoms with E-state index in [1.165, 1.54) is 15.4 Å². The van der Waals surface area contributed by atoms with Gasteiger partial charge in [-0.05, 0) is 0 Å². The zero-order chi connectivity index (χ0) is 18.0. The second kappa shape index (κ2) is 7.70. The molecule has 0 fully saturated rings. The molecule has 1 aliphatic heterocycles. The van der Waals surface area contributed by atoms with Crippen LogP contribution >= 0.6 is 20.0 Å². The molecule has 0 spiro atoms. The summed E-state index contributed by atoms with van der Waals surface area (Å²) in [5, 5.41) is 0. The summed E-state index contributed by atoms with van der Waals surface area (Å²) >= 11 is -1.07. The Labute approximate surface area is 148 Å². The Morgan fingerprint density at radius 1 is 1.08 bits per heavy atom. The van der Waals surface area contributed by atoms with Crippen molar-refractivity contribution < 1.29 is 29.6 Å². The zero-order valence-corrected chi connectivity index (χ0v) is 16.4. The van der Waals surface area contributed by atoms with Gasteiger partial charge in [-0.15, -0.1) is 0 Å². The van der Waals surface area contributed by atoms with Crippen molar-refractivity contribution in [1.29, 1.82) is 0 Å². The minimum absolute atomic E-state index is 1.07. The largest absolute Gasteiger partial charge is 0.741 e. The SMILES string of the molecule is Cc1ccc2c(c1)S[As]([n+]1ccccc1)S2.O=S(=O)([O-])C(F)(F)F. The summed E-state index contributed by atoms with van der Waals surface area (Å²) in [6.45, 7) is 2.16. The number of aromatic nitrogens is 1. The first kappa shape index (κ1) is 19.7. The number of aryl methyl sites for hydroxylation is 1. The van der Waals surface area contributed by atoms with Crippen molar-refractivity contribution in [2.75, 3.05) is 0 Å². The number of hydrogen-bond acceptors (Lipinski definition) is 5. The number of halogens is 3. The van der Waals surface area contributed by atoms with E-state index in [0.717, 1.165) is 0 Å². The fourth-order valence-corrected chi connectivity index (χ4v) is 14.3. The molecule has 2 aromatic rings. The maximum absolute atomic E-state index is 10.7. The smallest absolute Gasteiger partial charge is 0.485 e. The first-order valence-electron chi connectivity index (χ1n) is 6.33. The Morgan fingerprint density at radius 3 is 2.17 bits per heavy atom. The maximum Gasteiger partial charge on any atom is 0.485 e. The summed E-state index contributed by atoms with van der Waals surface area (Å²) < 4.78 is 61.3. The molecule has 0 amide bonds. The summed E-state index contributed by atoms with van der Waals surface area (Å²) in [6, 6.07) is 13.1. The number of benzene rings is 1. The molecule has 0 aliphatic carbocycles. The fraction of sp³-hybridized carbons (Fsp3) is 0.154. The van der Waals surface area contributed by atoms with Crippen molar-refractivity contribution in [3.8, 4) is 0 Å². The van der Waals surface area contributed by atoms with Crippen molar-refractivity contribution in [1.82, 2.24) is 0 Å². The molecule has 4 nitrogen and oxygen atoms in total. The molecule has 2 heterocycles. The summed E-state index contributed by atoms with van der Waals surface area (Å²) in [5.41, 5.74) is -4.28. The normalized spacial score (nSPS) is 17.0.